The Kier molecular flexibility index (Phi) is 7.05. The predicted octanol–water partition coefficient (Wildman–Crippen LogP) is 2.71. The molecule has 3 amide bonds. The molecule has 1 unspecified atom stereocenters. The van der Waals surface area contributed by atoms with Crippen molar-refractivity contribution in [1.82, 2.24) is 25.1 Å². The molecule has 8 saturated heterocycles. The first-order chi connectivity index (χ1) is 24.1. The fourth-order valence-corrected chi connectivity index (χ4v) is 11.7. The predicted molar refractivity (Wildman–Crippen MR) is 184 cm³/mol. The Labute approximate surface area is 296 Å². The summed E-state index contributed by atoms with van der Waals surface area (Å²) in [6.45, 7) is 10.3. The van der Waals surface area contributed by atoms with Crippen molar-refractivity contribution >= 4 is 45.1 Å². The normalized spacial score (nSPS) is 37.8. The molecule has 10 aliphatic rings. The second kappa shape index (κ2) is 11.1. The first kappa shape index (κ1) is 31.8. The largest absolute Gasteiger partial charge is 0.380 e. The first-order valence-corrected chi connectivity index (χ1v) is 19.6. The molecular formula is C37H48N6O6S. The van der Waals surface area contributed by atoms with E-state index in [1.807, 2.05) is 21.4 Å². The third kappa shape index (κ3) is 4.74. The second-order valence-electron chi connectivity index (χ2n) is 17.7. The zero-order valence-corrected chi connectivity index (χ0v) is 29.9. The van der Waals surface area contributed by atoms with Crippen LogP contribution in [0.5, 0.6) is 0 Å². The quantitative estimate of drug-likeness (QED) is 0.500. The minimum absolute atomic E-state index is 0.0830. The molecule has 10 fully saturated rings. The van der Waals surface area contributed by atoms with Crippen molar-refractivity contribution in [3.63, 3.8) is 0 Å². The van der Waals surface area contributed by atoms with E-state index >= 15 is 0 Å². The van der Waals surface area contributed by atoms with Crippen molar-refractivity contribution in [3.8, 4) is 0 Å². The van der Waals surface area contributed by atoms with Crippen LogP contribution < -0.4 is 10.2 Å². The number of rotatable bonds is 5. The van der Waals surface area contributed by atoms with Gasteiger partial charge in [0.25, 0.3) is 0 Å². The average molecular weight is 705 g/mol. The first-order valence-electron chi connectivity index (χ1n) is 18.7. The summed E-state index contributed by atoms with van der Waals surface area (Å²) in [5.41, 5.74) is 2.01. The van der Waals surface area contributed by atoms with Gasteiger partial charge in [-0.3, -0.25) is 14.4 Å². The number of likely N-dealkylation sites (tertiary alicyclic amines) is 1. The number of carbonyl (C=O) groups excluding carboxylic acids is 3. The molecule has 2 aliphatic carbocycles. The smallest absolute Gasteiger partial charge is 0.247 e. The lowest BCUT2D eigenvalue weighted by Crippen LogP contribution is -2.65. The van der Waals surface area contributed by atoms with E-state index in [0.29, 0.717) is 58.6 Å². The molecule has 13 heteroatoms. The molecule has 8 aliphatic heterocycles. The monoisotopic (exact) mass is 704 g/mol. The van der Waals surface area contributed by atoms with Crippen LogP contribution >= 0.6 is 11.3 Å². The number of fused-ring (bicyclic) bond motifs is 7. The van der Waals surface area contributed by atoms with Crippen molar-refractivity contribution in [2.24, 2.45) is 39.4 Å². The Morgan fingerprint density at radius 3 is 2.50 bits per heavy atom. The molecule has 10 heterocycles. The molecule has 4 bridgehead atoms. The van der Waals surface area contributed by atoms with Gasteiger partial charge in [-0.15, -0.1) is 11.3 Å². The van der Waals surface area contributed by atoms with Gasteiger partial charge in [0.15, 0.2) is 0 Å². The molecule has 0 aromatic carbocycles. The molecule has 2 spiro atoms. The maximum atomic E-state index is 14.9. The highest BCUT2D eigenvalue weighted by molar-refractivity contribution is 7.17. The lowest BCUT2D eigenvalue weighted by atomic mass is 9.71. The Morgan fingerprint density at radius 1 is 1.04 bits per heavy atom. The van der Waals surface area contributed by atoms with Gasteiger partial charge in [0.1, 0.15) is 11.9 Å². The summed E-state index contributed by atoms with van der Waals surface area (Å²) < 4.78 is 19.8. The molecule has 50 heavy (non-hydrogen) atoms. The zero-order chi connectivity index (χ0) is 34.0. The number of aromatic nitrogens is 2. The van der Waals surface area contributed by atoms with Crippen LogP contribution in [0.1, 0.15) is 52.4 Å². The Morgan fingerprint density at radius 2 is 1.80 bits per heavy atom. The fourth-order valence-electron chi connectivity index (χ4n) is 10.9. The number of anilines is 1. The van der Waals surface area contributed by atoms with Gasteiger partial charge in [-0.25, -0.2) is 9.97 Å². The Hall–Kier alpha value is -2.87. The zero-order valence-electron chi connectivity index (χ0n) is 29.1. The van der Waals surface area contributed by atoms with E-state index in [-0.39, 0.29) is 45.8 Å². The van der Waals surface area contributed by atoms with Gasteiger partial charge in [-0.2, -0.15) is 0 Å². The highest BCUT2D eigenvalue weighted by Crippen LogP contribution is 2.63. The van der Waals surface area contributed by atoms with Crippen LogP contribution in [-0.2, 0) is 28.6 Å². The maximum absolute atomic E-state index is 14.9. The highest BCUT2D eigenvalue weighted by atomic mass is 32.1. The number of piperidine rings is 1. The molecule has 2 aromatic heterocycles. The number of carbonyl (C=O) groups is 3. The van der Waals surface area contributed by atoms with Crippen LogP contribution in [0.4, 0.5) is 5.82 Å². The number of ether oxygens (including phenoxy) is 3. The number of hydrogen-bond acceptors (Lipinski definition) is 10. The van der Waals surface area contributed by atoms with Gasteiger partial charge < -0.3 is 34.2 Å². The van der Waals surface area contributed by atoms with E-state index in [1.54, 1.807) is 17.5 Å². The van der Waals surface area contributed by atoms with Crippen molar-refractivity contribution in [2.45, 2.75) is 70.6 Å². The number of hydrogen-bond donors (Lipinski definition) is 1. The van der Waals surface area contributed by atoms with Gasteiger partial charge in [-0.1, -0.05) is 13.8 Å². The van der Waals surface area contributed by atoms with Crippen LogP contribution in [0.3, 0.4) is 0 Å². The number of nitrogens with one attached hydrogen (secondary N) is 1. The van der Waals surface area contributed by atoms with Gasteiger partial charge in [0.2, 0.25) is 17.7 Å². The van der Waals surface area contributed by atoms with Gasteiger partial charge in [0.05, 0.1) is 60.3 Å². The van der Waals surface area contributed by atoms with E-state index in [4.69, 9.17) is 19.2 Å². The topological polar surface area (TPSA) is 126 Å². The molecule has 2 aromatic rings. The molecule has 2 saturated carbocycles. The van der Waals surface area contributed by atoms with Gasteiger partial charge in [-0.05, 0) is 50.0 Å². The molecule has 5 atom stereocenters. The number of thiazole rings is 1. The van der Waals surface area contributed by atoms with Crippen molar-refractivity contribution < 1.29 is 28.6 Å². The van der Waals surface area contributed by atoms with Crippen LogP contribution in [0, 0.1) is 39.4 Å². The minimum Gasteiger partial charge on any atom is -0.380 e. The highest BCUT2D eigenvalue weighted by Gasteiger charge is 2.71. The summed E-state index contributed by atoms with van der Waals surface area (Å²) in [7, 11) is 0. The standard InChI is InChI=1S/C37H48N6O6S/c1-34(2)25-26(34)32(45)43-15-37(16-43)14-42(30-29-24(5-10-38-30)39-21-50-29)13-23(37)31(44)40-27(33(46)41-11-8-36(9-12-41)17-47-18-36)28(25)49-20-35-6-3-22(4-7-35)48-19-35/h5,10,21-23,25-28H,3-4,6-9,11-20H2,1-2H3,(H,40,44)/t22?,23-,25?,26+,27-,28+,35?/m0/s1. The maximum Gasteiger partial charge on any atom is 0.247 e. The average Bonchev–Trinajstić information content (AvgIpc) is 3.44. The van der Waals surface area contributed by atoms with Crippen molar-refractivity contribution in [2.75, 3.05) is 70.6 Å². The number of nitrogens with zero attached hydrogens (tertiary/aromatic N) is 5. The van der Waals surface area contributed by atoms with E-state index in [9.17, 15) is 14.4 Å². The van der Waals surface area contributed by atoms with E-state index in [2.05, 4.69) is 29.0 Å². The van der Waals surface area contributed by atoms with Crippen molar-refractivity contribution in [3.05, 3.63) is 17.8 Å². The SMILES string of the molecule is CC1(C)C2[C@@H](OCC34CCC(CC3)OC4)[C@@H](C(=O)N3CCC4(CC3)COC4)NC(=O)[C@@H]3CN(c4nccc5ncsc45)CC34CN(C4)C(=O)[C@@H]21. The molecule has 1 N–H and O–H groups in total. The Balaban J connectivity index is 0.999. The molecule has 12 rings (SSSR count). The fraction of sp³-hybridized carbons (Fsp3) is 0.757. The van der Waals surface area contributed by atoms with Crippen LogP contribution in [0.15, 0.2) is 17.8 Å². The van der Waals surface area contributed by atoms with Gasteiger partial charge in [0, 0.05) is 73.5 Å². The lowest BCUT2D eigenvalue weighted by Gasteiger charge is -2.50. The lowest BCUT2D eigenvalue weighted by molar-refractivity contribution is -0.168. The molecule has 0 radical (unpaired) electrons. The summed E-state index contributed by atoms with van der Waals surface area (Å²) in [6, 6.07) is 1.03. The summed E-state index contributed by atoms with van der Waals surface area (Å²) in [5, 5.41) is 3.38. The van der Waals surface area contributed by atoms with Crippen molar-refractivity contribution in [1.29, 1.82) is 0 Å². The third-order valence-corrected chi connectivity index (χ3v) is 15.2. The summed E-state index contributed by atoms with van der Waals surface area (Å²) in [5.74, 6) is -0.111. The van der Waals surface area contributed by atoms with Crippen LogP contribution in [0.25, 0.3) is 10.2 Å². The minimum atomic E-state index is -0.882. The van der Waals surface area contributed by atoms with Crippen LogP contribution in [0.2, 0.25) is 0 Å². The summed E-state index contributed by atoms with van der Waals surface area (Å²) in [4.78, 5) is 59.5. The molecule has 268 valence electrons. The third-order valence-electron chi connectivity index (χ3n) is 14.4. The summed E-state index contributed by atoms with van der Waals surface area (Å²) in [6.07, 6.45) is 7.43. The molecule has 12 nitrogen and oxygen atoms in total. The summed E-state index contributed by atoms with van der Waals surface area (Å²) >= 11 is 1.55. The van der Waals surface area contributed by atoms with E-state index in [0.717, 1.165) is 67.8 Å². The number of amides is 3. The van der Waals surface area contributed by atoms with Crippen LogP contribution in [-0.4, -0.2) is 121 Å². The van der Waals surface area contributed by atoms with E-state index < -0.39 is 23.5 Å². The Bertz CT molecular complexity index is 1710. The van der Waals surface area contributed by atoms with Gasteiger partial charge >= 0.3 is 0 Å². The second-order valence-corrected chi connectivity index (χ2v) is 18.6. The van der Waals surface area contributed by atoms with E-state index in [1.165, 1.54) is 0 Å². The number of pyridine rings is 1. The molecular weight excluding hydrogens is 657 g/mol.